The summed E-state index contributed by atoms with van der Waals surface area (Å²) in [5, 5.41) is 9.21. The Labute approximate surface area is 382 Å². The summed E-state index contributed by atoms with van der Waals surface area (Å²) < 4.78 is 34.7. The topological polar surface area (TPSA) is 103 Å². The Hall–Kier alpha value is -6.05. The van der Waals surface area contributed by atoms with Crippen LogP contribution in [0.1, 0.15) is 45.2 Å². The minimum Gasteiger partial charge on any atom is -0.395 e. The van der Waals surface area contributed by atoms with Gasteiger partial charge < -0.3 is 34.5 Å². The Morgan fingerprint density at radius 3 is 0.812 bits per heavy atom. The molecule has 0 aliphatic carbocycles. The predicted octanol–water partition coefficient (Wildman–Crippen LogP) is 8.68. The van der Waals surface area contributed by atoms with Crippen LogP contribution < -0.4 is 29.4 Å². The normalized spacial score (nSPS) is 11.2. The van der Waals surface area contributed by atoms with Crippen LogP contribution in [0.25, 0.3) is 0 Å². The SMILES string of the molecule is CN(C)c1ccc(C(c2ccc(N(C)C)cc2)c2ccc(N(C)CCO)cc2)cc1.CN(C)c1ccc(C(c2ccc(N(C)C)cc2)c2ccc(N(C)CCOS(=O)(=O)O)cc2)cc1. The minimum atomic E-state index is -4.43. The molecule has 0 aliphatic heterocycles. The first-order valence-corrected chi connectivity index (χ1v) is 22.8. The van der Waals surface area contributed by atoms with Crippen LogP contribution in [0.4, 0.5) is 34.1 Å². The van der Waals surface area contributed by atoms with Gasteiger partial charge in [0, 0.05) is 130 Å². The van der Waals surface area contributed by atoms with Crippen molar-refractivity contribution in [2.24, 2.45) is 0 Å². The van der Waals surface area contributed by atoms with E-state index in [9.17, 15) is 13.5 Å². The molecule has 12 heteroatoms. The van der Waals surface area contributed by atoms with Gasteiger partial charge in [0.1, 0.15) is 0 Å². The van der Waals surface area contributed by atoms with Gasteiger partial charge in [-0.1, -0.05) is 72.8 Å². The van der Waals surface area contributed by atoms with Crippen molar-refractivity contribution >= 4 is 44.5 Å². The van der Waals surface area contributed by atoms with E-state index in [0.29, 0.717) is 13.1 Å². The Kier molecular flexibility index (Phi) is 17.2. The molecule has 0 unspecified atom stereocenters. The van der Waals surface area contributed by atoms with Crippen LogP contribution in [0.15, 0.2) is 146 Å². The average molecular weight is 887 g/mol. The average Bonchev–Trinajstić information content (AvgIpc) is 3.27. The highest BCUT2D eigenvalue weighted by molar-refractivity contribution is 7.80. The number of aliphatic hydroxyl groups is 1. The minimum absolute atomic E-state index is 0.0645. The highest BCUT2D eigenvalue weighted by Crippen LogP contribution is 2.36. The van der Waals surface area contributed by atoms with E-state index in [0.717, 1.165) is 28.3 Å². The van der Waals surface area contributed by atoms with Gasteiger partial charge in [0.15, 0.2) is 0 Å². The third-order valence-corrected chi connectivity index (χ3v) is 11.9. The van der Waals surface area contributed by atoms with Gasteiger partial charge in [-0.2, -0.15) is 8.42 Å². The molecule has 0 radical (unpaired) electrons. The van der Waals surface area contributed by atoms with Crippen LogP contribution in [0.2, 0.25) is 0 Å². The van der Waals surface area contributed by atoms with Gasteiger partial charge in [-0.25, -0.2) is 4.18 Å². The van der Waals surface area contributed by atoms with E-state index in [1.54, 1.807) is 0 Å². The third-order valence-electron chi connectivity index (χ3n) is 11.4. The van der Waals surface area contributed by atoms with Crippen LogP contribution in [-0.2, 0) is 14.6 Å². The number of likely N-dealkylation sites (N-methyl/N-ethyl adjacent to an activating group) is 2. The first-order chi connectivity index (χ1) is 30.4. The van der Waals surface area contributed by atoms with E-state index >= 15 is 0 Å². The van der Waals surface area contributed by atoms with Crippen molar-refractivity contribution in [2.45, 2.75) is 11.8 Å². The molecule has 0 heterocycles. The molecule has 0 bridgehead atoms. The van der Waals surface area contributed by atoms with Gasteiger partial charge in [-0.15, -0.1) is 0 Å². The standard InChI is InChI=1S/C26H33N3O4S.C26H33N3O/c1-27(2)23-12-6-20(7-13-23)26(21-8-14-24(15-9-21)28(3)4)22-10-16-25(17-11-22)29(5)18-19-33-34(30,31)32;1-27(2)23-12-6-20(7-13-23)26(21-8-14-24(15-9-21)28(3)4)22-10-16-25(17-11-22)29(5)18-19-30/h6-17,26H,18-19H2,1-5H3,(H,30,31,32);6-17,26,30H,18-19H2,1-5H3. The second kappa shape index (κ2) is 22.5. The molecule has 6 aromatic rings. The van der Waals surface area contributed by atoms with Crippen LogP contribution in [-0.4, -0.2) is 115 Å². The molecule has 0 atom stereocenters. The maximum atomic E-state index is 10.8. The zero-order valence-corrected chi connectivity index (χ0v) is 39.9. The molecule has 2 N–H and O–H groups in total. The summed E-state index contributed by atoms with van der Waals surface area (Å²) in [6.45, 7) is 0.967. The van der Waals surface area contributed by atoms with Gasteiger partial charge in [0.05, 0.1) is 13.2 Å². The molecule has 0 spiro atoms. The van der Waals surface area contributed by atoms with Gasteiger partial charge >= 0.3 is 10.4 Å². The van der Waals surface area contributed by atoms with E-state index in [2.05, 4.69) is 190 Å². The van der Waals surface area contributed by atoms with Crippen molar-refractivity contribution in [3.8, 4) is 0 Å². The molecular formula is C52H66N6O5S. The van der Waals surface area contributed by atoms with Crippen molar-refractivity contribution in [1.29, 1.82) is 0 Å². The van der Waals surface area contributed by atoms with Crippen molar-refractivity contribution in [1.82, 2.24) is 0 Å². The van der Waals surface area contributed by atoms with Crippen molar-refractivity contribution in [3.05, 3.63) is 179 Å². The molecule has 340 valence electrons. The number of aliphatic hydroxyl groups excluding tert-OH is 1. The Morgan fingerprint density at radius 1 is 0.391 bits per heavy atom. The summed E-state index contributed by atoms with van der Waals surface area (Å²) in [6, 6.07) is 51.8. The van der Waals surface area contributed by atoms with Crippen molar-refractivity contribution < 1.29 is 22.3 Å². The fourth-order valence-electron chi connectivity index (χ4n) is 7.54. The number of anilines is 6. The van der Waals surface area contributed by atoms with Gasteiger partial charge in [-0.3, -0.25) is 4.55 Å². The lowest BCUT2D eigenvalue weighted by Gasteiger charge is -2.23. The van der Waals surface area contributed by atoms with Crippen LogP contribution in [0.5, 0.6) is 0 Å². The van der Waals surface area contributed by atoms with Gasteiger partial charge in [0.2, 0.25) is 0 Å². The summed E-state index contributed by atoms with van der Waals surface area (Å²) in [5.74, 6) is 0.226. The maximum Gasteiger partial charge on any atom is 0.397 e. The van der Waals surface area contributed by atoms with Crippen LogP contribution >= 0.6 is 0 Å². The highest BCUT2D eigenvalue weighted by atomic mass is 32.3. The molecule has 0 amide bonds. The van der Waals surface area contributed by atoms with E-state index < -0.39 is 10.4 Å². The quantitative estimate of drug-likeness (QED) is 0.0641. The predicted molar refractivity (Wildman–Crippen MR) is 269 cm³/mol. The summed E-state index contributed by atoms with van der Waals surface area (Å²) in [4.78, 5) is 12.4. The van der Waals surface area contributed by atoms with Gasteiger partial charge in [0.25, 0.3) is 0 Å². The second-order valence-corrected chi connectivity index (χ2v) is 17.9. The molecule has 11 nitrogen and oxygen atoms in total. The molecule has 0 saturated carbocycles. The molecule has 64 heavy (non-hydrogen) atoms. The molecule has 0 fully saturated rings. The summed E-state index contributed by atoms with van der Waals surface area (Å²) in [6.07, 6.45) is 0. The highest BCUT2D eigenvalue weighted by Gasteiger charge is 2.20. The number of nitrogens with zero attached hydrogens (tertiary/aromatic N) is 6. The Morgan fingerprint density at radius 2 is 0.609 bits per heavy atom. The first-order valence-electron chi connectivity index (χ1n) is 21.4. The lowest BCUT2D eigenvalue weighted by atomic mass is 9.85. The van der Waals surface area contributed by atoms with Crippen molar-refractivity contribution in [2.75, 3.05) is 126 Å². The Balaban J connectivity index is 0.000000243. The first kappa shape index (κ1) is 49.0. The molecule has 0 aromatic heterocycles. The zero-order valence-electron chi connectivity index (χ0n) is 39.1. The monoisotopic (exact) mass is 886 g/mol. The lowest BCUT2D eigenvalue weighted by Crippen LogP contribution is -2.23. The largest absolute Gasteiger partial charge is 0.397 e. The number of rotatable bonds is 18. The smallest absolute Gasteiger partial charge is 0.395 e. The van der Waals surface area contributed by atoms with E-state index in [4.69, 9.17) is 4.55 Å². The lowest BCUT2D eigenvalue weighted by molar-refractivity contribution is 0.274. The number of hydrogen-bond donors (Lipinski definition) is 2. The molecular weight excluding hydrogens is 821 g/mol. The van der Waals surface area contributed by atoms with E-state index in [1.165, 1.54) is 39.2 Å². The Bertz CT molecular complexity index is 2320. The summed E-state index contributed by atoms with van der Waals surface area (Å²) >= 11 is 0. The molecule has 0 aliphatic rings. The van der Waals surface area contributed by atoms with Crippen molar-refractivity contribution in [3.63, 3.8) is 0 Å². The third kappa shape index (κ3) is 13.5. The zero-order chi connectivity index (χ0) is 46.6. The summed E-state index contributed by atoms with van der Waals surface area (Å²) in [5.41, 5.74) is 14.1. The summed E-state index contributed by atoms with van der Waals surface area (Å²) in [7, 11) is 15.8. The fourth-order valence-corrected chi connectivity index (χ4v) is 7.83. The second-order valence-electron chi connectivity index (χ2n) is 16.8. The van der Waals surface area contributed by atoms with E-state index in [-0.39, 0.29) is 25.0 Å². The fraction of sp³-hybridized carbons (Fsp3) is 0.308. The van der Waals surface area contributed by atoms with Gasteiger partial charge in [-0.05, 0) is 106 Å². The molecule has 6 rings (SSSR count). The van der Waals surface area contributed by atoms with Crippen LogP contribution in [0.3, 0.4) is 0 Å². The molecule has 6 aromatic carbocycles. The van der Waals surface area contributed by atoms with E-state index in [1.807, 2.05) is 59.3 Å². The van der Waals surface area contributed by atoms with Crippen LogP contribution in [0, 0.1) is 0 Å². The maximum absolute atomic E-state index is 10.8. The molecule has 0 saturated heterocycles. The number of hydrogen-bond acceptors (Lipinski definition) is 10. The number of benzene rings is 6.